The number of hydrogen-bond acceptors (Lipinski definition) is 4. The molecule has 0 bridgehead atoms. The highest BCUT2D eigenvalue weighted by atomic mass is 79.9. The van der Waals surface area contributed by atoms with E-state index in [0.717, 1.165) is 59.0 Å². The molecule has 5 nitrogen and oxygen atoms in total. The first-order valence-electron chi connectivity index (χ1n) is 13.3. The van der Waals surface area contributed by atoms with E-state index in [-0.39, 0.29) is 12.3 Å². The molecule has 4 aromatic rings. The van der Waals surface area contributed by atoms with E-state index in [0.29, 0.717) is 16.8 Å². The minimum Gasteiger partial charge on any atom is -0.465 e. The number of alkyl halides is 1. The van der Waals surface area contributed by atoms with Crippen LogP contribution in [0.2, 0.25) is 0 Å². The molecule has 0 radical (unpaired) electrons. The molecule has 1 aliphatic carbocycles. The Hall–Kier alpha value is -3.64. The standard InChI is InChI=1S/C33H32BrNO4/c1-22(32(36)39-21-23-11-5-3-6-12-23)35-29-19-25(33(37)38-2)17-18-28(29)30(24-13-7-4-8-14-24)31(35)27-16-10-9-15-26(27)20-34/h3,5-6,9-12,15-19,24H,1,4,7-8,13-14,20-21H2,2H3. The zero-order chi connectivity index (χ0) is 27.4. The van der Waals surface area contributed by atoms with Crippen LogP contribution in [0, 0.1) is 0 Å². The van der Waals surface area contributed by atoms with E-state index in [4.69, 9.17) is 9.47 Å². The molecule has 0 unspecified atom stereocenters. The number of rotatable bonds is 8. The lowest BCUT2D eigenvalue weighted by Gasteiger charge is -2.24. The van der Waals surface area contributed by atoms with Crippen molar-refractivity contribution in [3.05, 3.63) is 102 Å². The molecule has 1 aliphatic rings. The molecule has 200 valence electrons. The Morgan fingerprint density at radius 3 is 2.41 bits per heavy atom. The molecule has 6 heteroatoms. The maximum Gasteiger partial charge on any atom is 0.355 e. The number of carbonyl (C=O) groups excluding carboxylic acids is 2. The number of aromatic nitrogens is 1. The van der Waals surface area contributed by atoms with Gasteiger partial charge < -0.3 is 14.0 Å². The second-order valence-corrected chi connectivity index (χ2v) is 10.5. The second-order valence-electron chi connectivity index (χ2n) is 9.96. The average Bonchev–Trinajstić information content (AvgIpc) is 3.34. The molecule has 0 aliphatic heterocycles. The third-order valence-electron chi connectivity index (χ3n) is 7.58. The maximum atomic E-state index is 13.5. The molecule has 39 heavy (non-hydrogen) atoms. The fourth-order valence-electron chi connectivity index (χ4n) is 5.67. The van der Waals surface area contributed by atoms with Gasteiger partial charge in [-0.25, -0.2) is 9.59 Å². The zero-order valence-electron chi connectivity index (χ0n) is 22.1. The first-order valence-corrected chi connectivity index (χ1v) is 14.5. The maximum absolute atomic E-state index is 13.5. The van der Waals surface area contributed by atoms with Crippen LogP contribution in [0.3, 0.4) is 0 Å². The number of nitrogens with zero attached hydrogens (tertiary/aromatic N) is 1. The average molecular weight is 587 g/mol. The molecule has 0 amide bonds. The fourth-order valence-corrected chi connectivity index (χ4v) is 6.16. The third-order valence-corrected chi connectivity index (χ3v) is 8.18. The molecule has 3 aromatic carbocycles. The molecule has 1 fully saturated rings. The van der Waals surface area contributed by atoms with Crippen molar-refractivity contribution in [1.82, 2.24) is 4.57 Å². The van der Waals surface area contributed by atoms with Gasteiger partial charge in [-0.15, -0.1) is 0 Å². The summed E-state index contributed by atoms with van der Waals surface area (Å²) in [5, 5.41) is 1.68. The predicted molar refractivity (Wildman–Crippen MR) is 159 cm³/mol. The van der Waals surface area contributed by atoms with Gasteiger partial charge in [0.05, 0.1) is 23.9 Å². The summed E-state index contributed by atoms with van der Waals surface area (Å²) in [5.41, 5.74) is 6.56. The van der Waals surface area contributed by atoms with Gasteiger partial charge in [-0.2, -0.15) is 0 Å². The molecule has 0 spiro atoms. The van der Waals surface area contributed by atoms with Gasteiger partial charge in [0.25, 0.3) is 0 Å². The highest BCUT2D eigenvalue weighted by molar-refractivity contribution is 9.08. The Morgan fingerprint density at radius 2 is 1.69 bits per heavy atom. The number of halogens is 1. The van der Waals surface area contributed by atoms with E-state index in [2.05, 4.69) is 34.6 Å². The van der Waals surface area contributed by atoms with Crippen molar-refractivity contribution in [3.8, 4) is 11.3 Å². The summed E-state index contributed by atoms with van der Waals surface area (Å²) >= 11 is 3.67. The summed E-state index contributed by atoms with van der Waals surface area (Å²) in [6.45, 7) is 4.39. The van der Waals surface area contributed by atoms with Gasteiger partial charge in [-0.1, -0.05) is 102 Å². The molecular weight excluding hydrogens is 554 g/mol. The van der Waals surface area contributed by atoms with E-state index in [1.807, 2.05) is 65.2 Å². The fraction of sp³-hybridized carbons (Fsp3) is 0.273. The van der Waals surface area contributed by atoms with Crippen molar-refractivity contribution in [2.45, 2.75) is 50.0 Å². The molecule has 0 atom stereocenters. The molecule has 0 saturated heterocycles. The van der Waals surface area contributed by atoms with Crippen molar-refractivity contribution >= 4 is 44.5 Å². The molecule has 1 saturated carbocycles. The number of ether oxygens (including phenoxy) is 2. The van der Waals surface area contributed by atoms with Crippen LogP contribution in [-0.4, -0.2) is 23.6 Å². The molecular formula is C33H32BrNO4. The Balaban J connectivity index is 1.73. The van der Waals surface area contributed by atoms with Gasteiger partial charge >= 0.3 is 11.9 Å². The van der Waals surface area contributed by atoms with Crippen LogP contribution in [0.1, 0.15) is 65.1 Å². The quantitative estimate of drug-likeness (QED) is 0.119. The largest absolute Gasteiger partial charge is 0.465 e. The van der Waals surface area contributed by atoms with Gasteiger partial charge in [0.15, 0.2) is 0 Å². The summed E-state index contributed by atoms with van der Waals surface area (Å²) in [4.78, 5) is 26.1. The Labute approximate surface area is 237 Å². The third kappa shape index (κ3) is 5.44. The zero-order valence-corrected chi connectivity index (χ0v) is 23.7. The van der Waals surface area contributed by atoms with E-state index in [1.165, 1.54) is 19.1 Å². The number of esters is 2. The monoisotopic (exact) mass is 585 g/mol. The summed E-state index contributed by atoms with van der Waals surface area (Å²) in [6, 6.07) is 23.4. The van der Waals surface area contributed by atoms with Crippen molar-refractivity contribution in [3.63, 3.8) is 0 Å². The Kier molecular flexibility index (Phi) is 8.32. The van der Waals surface area contributed by atoms with E-state index >= 15 is 0 Å². The van der Waals surface area contributed by atoms with Crippen LogP contribution in [-0.2, 0) is 26.2 Å². The SMILES string of the molecule is C=C(C(=O)OCc1ccccc1)n1c(-c2ccccc2CBr)c(C2CCCCC2)c2ccc(C(=O)OC)cc21. The Bertz CT molecular complexity index is 1520. The van der Waals surface area contributed by atoms with E-state index in [1.54, 1.807) is 0 Å². The van der Waals surface area contributed by atoms with Gasteiger partial charge in [-0.3, -0.25) is 0 Å². The minimum atomic E-state index is -0.507. The number of methoxy groups -OCH3 is 1. The van der Waals surface area contributed by atoms with Gasteiger partial charge in [0.2, 0.25) is 0 Å². The second kappa shape index (κ2) is 12.0. The molecule has 1 aromatic heterocycles. The van der Waals surface area contributed by atoms with Crippen molar-refractivity contribution < 1.29 is 19.1 Å². The van der Waals surface area contributed by atoms with Gasteiger partial charge in [0, 0.05) is 16.3 Å². The van der Waals surface area contributed by atoms with Gasteiger partial charge in [-0.05, 0) is 47.6 Å². The molecule has 1 heterocycles. The van der Waals surface area contributed by atoms with Crippen LogP contribution in [0.5, 0.6) is 0 Å². The number of carbonyl (C=O) groups is 2. The van der Waals surface area contributed by atoms with Gasteiger partial charge in [0.1, 0.15) is 12.3 Å². The van der Waals surface area contributed by atoms with Crippen molar-refractivity contribution in [1.29, 1.82) is 0 Å². The highest BCUT2D eigenvalue weighted by Crippen LogP contribution is 2.46. The summed E-state index contributed by atoms with van der Waals surface area (Å²) in [5.74, 6) is -0.603. The number of fused-ring (bicyclic) bond motifs is 1. The first kappa shape index (κ1) is 26.9. The Morgan fingerprint density at radius 1 is 0.974 bits per heavy atom. The van der Waals surface area contributed by atoms with Crippen LogP contribution in [0.4, 0.5) is 0 Å². The summed E-state index contributed by atoms with van der Waals surface area (Å²) < 4.78 is 12.7. The van der Waals surface area contributed by atoms with Crippen LogP contribution in [0.25, 0.3) is 27.9 Å². The lowest BCUT2D eigenvalue weighted by Crippen LogP contribution is -2.14. The van der Waals surface area contributed by atoms with Crippen LogP contribution >= 0.6 is 15.9 Å². The van der Waals surface area contributed by atoms with E-state index in [9.17, 15) is 9.59 Å². The first-order chi connectivity index (χ1) is 19.0. The summed E-state index contributed by atoms with van der Waals surface area (Å²) in [7, 11) is 1.37. The van der Waals surface area contributed by atoms with Crippen molar-refractivity contribution in [2.75, 3.05) is 7.11 Å². The lowest BCUT2D eigenvalue weighted by molar-refractivity contribution is -0.138. The molecule has 5 rings (SSSR count). The lowest BCUT2D eigenvalue weighted by atomic mass is 9.81. The normalized spacial score (nSPS) is 13.8. The van der Waals surface area contributed by atoms with E-state index < -0.39 is 11.9 Å². The topological polar surface area (TPSA) is 57.5 Å². The predicted octanol–water partition coefficient (Wildman–Crippen LogP) is 8.25. The molecule has 0 N–H and O–H groups in total. The summed E-state index contributed by atoms with van der Waals surface area (Å²) in [6.07, 6.45) is 5.71. The minimum absolute atomic E-state index is 0.147. The smallest absolute Gasteiger partial charge is 0.355 e. The van der Waals surface area contributed by atoms with Crippen LogP contribution < -0.4 is 0 Å². The van der Waals surface area contributed by atoms with Crippen LogP contribution in [0.15, 0.2) is 79.4 Å². The van der Waals surface area contributed by atoms with Crippen molar-refractivity contribution in [2.24, 2.45) is 0 Å². The highest BCUT2D eigenvalue weighted by Gasteiger charge is 2.30. The number of benzene rings is 3. The number of hydrogen-bond donors (Lipinski definition) is 0.